The summed E-state index contributed by atoms with van der Waals surface area (Å²) in [5.41, 5.74) is 0. The Labute approximate surface area is 115 Å². The van der Waals surface area contributed by atoms with Crippen LogP contribution in [0.3, 0.4) is 0 Å². The van der Waals surface area contributed by atoms with Crippen molar-refractivity contribution in [2.75, 3.05) is 13.2 Å². The second kappa shape index (κ2) is 6.20. The highest BCUT2D eigenvalue weighted by atomic mass is 32.1. The van der Waals surface area contributed by atoms with E-state index in [1.54, 1.807) is 12.2 Å². The van der Waals surface area contributed by atoms with E-state index in [-0.39, 0.29) is 12.6 Å². The first-order chi connectivity index (χ1) is 9.24. The Morgan fingerprint density at radius 1 is 1.21 bits per heavy atom. The molecule has 0 radical (unpaired) electrons. The Hall–Kier alpha value is -2.07. The van der Waals surface area contributed by atoms with Gasteiger partial charge in [-0.25, -0.2) is 4.79 Å². The summed E-state index contributed by atoms with van der Waals surface area (Å²) in [5, 5.41) is 0.970. The van der Waals surface area contributed by atoms with Gasteiger partial charge in [-0.15, -0.1) is 11.3 Å². The van der Waals surface area contributed by atoms with Gasteiger partial charge in [0.25, 0.3) is 0 Å². The molecule has 0 atom stereocenters. The lowest BCUT2D eigenvalue weighted by Crippen LogP contribution is -2.02. The highest BCUT2D eigenvalue weighted by molar-refractivity contribution is 7.20. The summed E-state index contributed by atoms with van der Waals surface area (Å²) in [7, 11) is 0. The van der Waals surface area contributed by atoms with Crippen molar-refractivity contribution in [2.45, 2.75) is 0 Å². The van der Waals surface area contributed by atoms with Gasteiger partial charge in [0.2, 0.25) is 0 Å². The molecule has 2 aromatic rings. The Balaban J connectivity index is 2.22. The number of carbonyl (C=O) groups is 1. The van der Waals surface area contributed by atoms with E-state index >= 15 is 0 Å². The predicted octanol–water partition coefficient (Wildman–Crippen LogP) is 3.81. The molecule has 1 aromatic carbocycles. The van der Waals surface area contributed by atoms with Gasteiger partial charge >= 0.3 is 5.97 Å². The van der Waals surface area contributed by atoms with Crippen molar-refractivity contribution in [3.05, 3.63) is 54.5 Å². The molecule has 1 heterocycles. The molecule has 19 heavy (non-hydrogen) atoms. The number of thiophene rings is 1. The monoisotopic (exact) mass is 274 g/mol. The van der Waals surface area contributed by atoms with Gasteiger partial charge < -0.3 is 9.47 Å². The third-order valence-electron chi connectivity index (χ3n) is 2.39. The molecule has 0 aliphatic heterocycles. The second-order valence-electron chi connectivity index (χ2n) is 3.80. The van der Waals surface area contributed by atoms with E-state index in [4.69, 9.17) is 9.47 Å². The number of carbonyl (C=O) groups excluding carboxylic acids is 1. The Morgan fingerprint density at radius 3 is 2.74 bits per heavy atom. The van der Waals surface area contributed by atoms with Crippen molar-refractivity contribution in [2.24, 2.45) is 0 Å². The van der Waals surface area contributed by atoms with Crippen LogP contribution in [0.5, 0.6) is 5.75 Å². The van der Waals surface area contributed by atoms with Gasteiger partial charge in [0.05, 0.1) is 0 Å². The summed E-state index contributed by atoms with van der Waals surface area (Å²) in [6.07, 6.45) is 3.24. The average Bonchev–Trinajstić information content (AvgIpc) is 2.85. The molecule has 2 rings (SSSR count). The van der Waals surface area contributed by atoms with Gasteiger partial charge in [-0.2, -0.15) is 0 Å². The zero-order valence-corrected chi connectivity index (χ0v) is 11.2. The third kappa shape index (κ3) is 3.23. The predicted molar refractivity (Wildman–Crippen MR) is 78.0 cm³/mol. The van der Waals surface area contributed by atoms with Gasteiger partial charge in [-0.3, -0.25) is 0 Å². The topological polar surface area (TPSA) is 35.5 Å². The molecule has 1 aromatic heterocycles. The van der Waals surface area contributed by atoms with Crippen LogP contribution in [-0.2, 0) is 4.74 Å². The van der Waals surface area contributed by atoms with Gasteiger partial charge in [0.1, 0.15) is 23.8 Å². The number of rotatable bonds is 6. The molecule has 0 N–H and O–H groups in total. The molecule has 0 saturated heterocycles. The molecule has 0 unspecified atom stereocenters. The fraction of sp³-hybridized carbons (Fsp3) is 0.133. The van der Waals surface area contributed by atoms with Crippen LogP contribution in [-0.4, -0.2) is 19.2 Å². The van der Waals surface area contributed by atoms with Gasteiger partial charge in [0.15, 0.2) is 0 Å². The van der Waals surface area contributed by atoms with Crippen LogP contribution in [0.15, 0.2) is 49.6 Å². The third-order valence-corrected chi connectivity index (χ3v) is 3.49. The van der Waals surface area contributed by atoms with Crippen molar-refractivity contribution in [1.29, 1.82) is 0 Å². The van der Waals surface area contributed by atoms with E-state index in [0.717, 1.165) is 15.8 Å². The lowest BCUT2D eigenvalue weighted by Gasteiger charge is -2.01. The summed E-state index contributed by atoms with van der Waals surface area (Å²) in [6, 6.07) is 7.52. The van der Waals surface area contributed by atoms with Gasteiger partial charge in [-0.1, -0.05) is 25.3 Å². The standard InChI is InChI=1S/C15H14O3S/c1-3-7-17-12-5-6-13-11(9-12)10-14(19-13)15(16)18-8-4-2/h3-6,9-10H,1-2,7-8H2. The number of fused-ring (bicyclic) bond motifs is 1. The highest BCUT2D eigenvalue weighted by Crippen LogP contribution is 2.29. The minimum absolute atomic E-state index is 0.223. The van der Waals surface area contributed by atoms with Crippen molar-refractivity contribution in [1.82, 2.24) is 0 Å². The molecule has 3 nitrogen and oxygen atoms in total. The van der Waals surface area contributed by atoms with Gasteiger partial charge in [-0.05, 0) is 29.7 Å². The number of benzene rings is 1. The van der Waals surface area contributed by atoms with Crippen molar-refractivity contribution in [3.63, 3.8) is 0 Å². The lowest BCUT2D eigenvalue weighted by atomic mass is 10.2. The molecule has 0 spiro atoms. The normalized spacial score (nSPS) is 10.1. The molecule has 0 amide bonds. The van der Waals surface area contributed by atoms with Gasteiger partial charge in [0, 0.05) is 4.70 Å². The van der Waals surface area contributed by atoms with Crippen LogP contribution in [0, 0.1) is 0 Å². The highest BCUT2D eigenvalue weighted by Gasteiger charge is 2.11. The minimum Gasteiger partial charge on any atom is -0.490 e. The first-order valence-corrected chi connectivity index (χ1v) is 6.61. The lowest BCUT2D eigenvalue weighted by molar-refractivity contribution is 0.0555. The van der Waals surface area contributed by atoms with Crippen LogP contribution in [0.25, 0.3) is 10.1 Å². The molecule has 0 bridgehead atoms. The zero-order chi connectivity index (χ0) is 13.7. The Morgan fingerprint density at radius 2 is 2.00 bits per heavy atom. The number of ether oxygens (including phenoxy) is 2. The summed E-state index contributed by atoms with van der Waals surface area (Å²) >= 11 is 1.40. The minimum atomic E-state index is -0.324. The quantitative estimate of drug-likeness (QED) is 0.593. The molecule has 0 aliphatic rings. The Kier molecular flexibility index (Phi) is 4.36. The van der Waals surface area contributed by atoms with Crippen molar-refractivity contribution >= 4 is 27.4 Å². The first-order valence-electron chi connectivity index (χ1n) is 5.80. The maximum Gasteiger partial charge on any atom is 0.348 e. The Bertz CT molecular complexity index is 613. The molecule has 98 valence electrons. The van der Waals surface area contributed by atoms with E-state index in [9.17, 15) is 4.79 Å². The van der Waals surface area contributed by atoms with Crippen LogP contribution in [0.2, 0.25) is 0 Å². The van der Waals surface area contributed by atoms with Crippen LogP contribution >= 0.6 is 11.3 Å². The van der Waals surface area contributed by atoms with E-state index < -0.39 is 0 Å². The summed E-state index contributed by atoms with van der Waals surface area (Å²) < 4.78 is 11.5. The fourth-order valence-corrected chi connectivity index (χ4v) is 2.51. The van der Waals surface area contributed by atoms with E-state index in [1.165, 1.54) is 11.3 Å². The molecule has 0 aliphatic carbocycles. The summed E-state index contributed by atoms with van der Waals surface area (Å²) in [6.45, 7) is 7.80. The first kappa shape index (κ1) is 13.4. The summed E-state index contributed by atoms with van der Waals surface area (Å²) in [5.74, 6) is 0.436. The van der Waals surface area contributed by atoms with Crippen LogP contribution < -0.4 is 4.74 Å². The van der Waals surface area contributed by atoms with Crippen LogP contribution in [0.1, 0.15) is 9.67 Å². The fourth-order valence-electron chi connectivity index (χ4n) is 1.57. The zero-order valence-electron chi connectivity index (χ0n) is 10.4. The number of esters is 1. The number of hydrogen-bond acceptors (Lipinski definition) is 4. The second-order valence-corrected chi connectivity index (χ2v) is 4.88. The average molecular weight is 274 g/mol. The van der Waals surface area contributed by atoms with E-state index in [0.29, 0.717) is 11.5 Å². The largest absolute Gasteiger partial charge is 0.490 e. The SMILES string of the molecule is C=CCOC(=O)c1cc2cc(OCC=C)ccc2s1. The molecule has 0 saturated carbocycles. The van der Waals surface area contributed by atoms with Crippen molar-refractivity contribution in [3.8, 4) is 5.75 Å². The molecule has 4 heteroatoms. The van der Waals surface area contributed by atoms with Crippen molar-refractivity contribution < 1.29 is 14.3 Å². The summed E-state index contributed by atoms with van der Waals surface area (Å²) in [4.78, 5) is 12.3. The maximum atomic E-state index is 11.7. The molecular formula is C15H14O3S. The maximum absolute atomic E-state index is 11.7. The molecular weight excluding hydrogens is 260 g/mol. The van der Waals surface area contributed by atoms with E-state index in [2.05, 4.69) is 13.2 Å². The van der Waals surface area contributed by atoms with E-state index in [1.807, 2.05) is 24.3 Å². The smallest absolute Gasteiger partial charge is 0.348 e. The molecule has 0 fully saturated rings. The van der Waals surface area contributed by atoms with Crippen LogP contribution in [0.4, 0.5) is 0 Å². The number of hydrogen-bond donors (Lipinski definition) is 0.